The van der Waals surface area contributed by atoms with Gasteiger partial charge < -0.3 is 4.74 Å². The summed E-state index contributed by atoms with van der Waals surface area (Å²) >= 11 is 9.19. The average molecular weight is 379 g/mol. The molecule has 1 aromatic carbocycles. The fraction of sp³-hybridized carbons (Fsp3) is 0.571. The van der Waals surface area contributed by atoms with Crippen molar-refractivity contribution in [2.24, 2.45) is 5.84 Å². The summed E-state index contributed by atoms with van der Waals surface area (Å²) in [4.78, 5) is 2.40. The Balaban J connectivity index is 1.83. The van der Waals surface area contributed by atoms with E-state index in [1.54, 1.807) is 12.1 Å². The normalized spacial score (nSPS) is 27.6. The molecule has 4 nitrogen and oxygen atoms in total. The monoisotopic (exact) mass is 377 g/mol. The molecule has 7 heteroatoms. The van der Waals surface area contributed by atoms with Crippen molar-refractivity contribution in [1.82, 2.24) is 10.3 Å². The summed E-state index contributed by atoms with van der Waals surface area (Å²) in [5, 5.41) is 0.0719. The molecule has 2 aliphatic heterocycles. The zero-order valence-corrected chi connectivity index (χ0v) is 13.8. The van der Waals surface area contributed by atoms with Gasteiger partial charge >= 0.3 is 0 Å². The molecule has 2 saturated heterocycles. The molecule has 3 rings (SSSR count). The summed E-state index contributed by atoms with van der Waals surface area (Å²) in [5.74, 6) is 5.20. The third kappa shape index (κ3) is 2.98. The first kappa shape index (κ1) is 15.6. The van der Waals surface area contributed by atoms with E-state index in [2.05, 4.69) is 26.3 Å². The minimum absolute atomic E-state index is 0.0719. The topological polar surface area (TPSA) is 50.5 Å². The minimum atomic E-state index is -0.457. The zero-order valence-electron chi connectivity index (χ0n) is 11.5. The second-order valence-corrected chi connectivity index (χ2v) is 6.80. The highest BCUT2D eigenvalue weighted by Gasteiger charge is 2.37. The van der Waals surface area contributed by atoms with Crippen LogP contribution in [0.3, 0.4) is 0 Å². The molecule has 2 heterocycles. The van der Waals surface area contributed by atoms with Crippen molar-refractivity contribution in [3.05, 3.63) is 33.0 Å². The lowest BCUT2D eigenvalue weighted by atomic mass is 9.99. The van der Waals surface area contributed by atoms with Crippen molar-refractivity contribution in [2.75, 3.05) is 19.7 Å². The van der Waals surface area contributed by atoms with Crippen LogP contribution in [-0.4, -0.2) is 36.7 Å². The largest absolute Gasteiger partial charge is 0.373 e. The Morgan fingerprint density at radius 3 is 3.10 bits per heavy atom. The number of hydrogen-bond donors (Lipinski definition) is 2. The number of halogens is 3. The molecule has 3 unspecified atom stereocenters. The van der Waals surface area contributed by atoms with Gasteiger partial charge in [0.05, 0.1) is 23.8 Å². The van der Waals surface area contributed by atoms with E-state index in [1.807, 2.05) is 0 Å². The molecule has 3 atom stereocenters. The Hall–Kier alpha value is -0.240. The maximum absolute atomic E-state index is 14.4. The van der Waals surface area contributed by atoms with Gasteiger partial charge in [0.15, 0.2) is 0 Å². The van der Waals surface area contributed by atoms with Crippen molar-refractivity contribution < 1.29 is 9.13 Å². The van der Waals surface area contributed by atoms with E-state index in [4.69, 9.17) is 22.2 Å². The number of hydrazine groups is 1. The van der Waals surface area contributed by atoms with E-state index < -0.39 is 11.9 Å². The summed E-state index contributed by atoms with van der Waals surface area (Å²) in [6.45, 7) is 2.51. The minimum Gasteiger partial charge on any atom is -0.373 e. The number of nitrogens with two attached hydrogens (primary N) is 1. The van der Waals surface area contributed by atoms with Crippen molar-refractivity contribution in [3.63, 3.8) is 0 Å². The average Bonchev–Trinajstić information content (AvgIpc) is 2.95. The van der Waals surface area contributed by atoms with E-state index >= 15 is 0 Å². The Labute approximate surface area is 136 Å². The number of nitrogens with zero attached hydrogens (tertiary/aromatic N) is 1. The van der Waals surface area contributed by atoms with Crippen LogP contribution in [0.5, 0.6) is 0 Å². The summed E-state index contributed by atoms with van der Waals surface area (Å²) < 4.78 is 20.8. The molecule has 0 bridgehead atoms. The molecule has 0 radical (unpaired) electrons. The summed E-state index contributed by atoms with van der Waals surface area (Å²) in [6, 6.07) is 3.50. The van der Waals surface area contributed by atoms with Gasteiger partial charge in [-0.3, -0.25) is 16.2 Å². The SMILES string of the molecule is NNC(c1ccc(Br)c(Cl)c1F)C1CN2CCCC2CO1. The number of benzene rings is 1. The van der Waals surface area contributed by atoms with Gasteiger partial charge in [0, 0.05) is 22.6 Å². The van der Waals surface area contributed by atoms with E-state index in [1.165, 1.54) is 12.8 Å². The van der Waals surface area contributed by atoms with Crippen molar-refractivity contribution in [1.29, 1.82) is 0 Å². The Bertz CT molecular complexity index is 533. The van der Waals surface area contributed by atoms with E-state index in [9.17, 15) is 4.39 Å². The predicted octanol–water partition coefficient (Wildman–Crippen LogP) is 2.61. The number of rotatable bonds is 3. The molecule has 1 aromatic rings. The molecule has 2 aliphatic rings. The molecule has 0 amide bonds. The van der Waals surface area contributed by atoms with E-state index in [-0.39, 0.29) is 11.1 Å². The third-order valence-electron chi connectivity index (χ3n) is 4.37. The van der Waals surface area contributed by atoms with Crippen molar-refractivity contribution in [3.8, 4) is 0 Å². The highest BCUT2D eigenvalue weighted by molar-refractivity contribution is 9.10. The van der Waals surface area contributed by atoms with Gasteiger partial charge in [-0.25, -0.2) is 4.39 Å². The predicted molar refractivity (Wildman–Crippen MR) is 83.5 cm³/mol. The Morgan fingerprint density at radius 1 is 1.52 bits per heavy atom. The summed E-state index contributed by atoms with van der Waals surface area (Å²) in [5.41, 5.74) is 3.13. The van der Waals surface area contributed by atoms with Gasteiger partial charge in [0.1, 0.15) is 5.82 Å². The first-order valence-electron chi connectivity index (χ1n) is 7.07. The molecule has 0 aromatic heterocycles. The standard InChI is InChI=1S/C14H18BrClFN3O/c15-10-4-3-9(13(17)12(10)16)14(19-18)11-6-20-5-1-2-8(20)7-21-11/h3-4,8,11,14,19H,1-2,5-7,18H2. The molecule has 116 valence electrons. The van der Waals surface area contributed by atoms with E-state index in [0.717, 1.165) is 13.1 Å². The lowest BCUT2D eigenvalue weighted by Gasteiger charge is -2.38. The van der Waals surface area contributed by atoms with Gasteiger partial charge in [0.2, 0.25) is 0 Å². The zero-order chi connectivity index (χ0) is 15.0. The van der Waals surface area contributed by atoms with Crippen LogP contribution in [0, 0.1) is 5.82 Å². The highest BCUT2D eigenvalue weighted by Crippen LogP contribution is 2.34. The molecule has 3 N–H and O–H groups in total. The van der Waals surface area contributed by atoms with Crippen LogP contribution in [0.15, 0.2) is 16.6 Å². The number of morpholine rings is 1. The van der Waals surface area contributed by atoms with Gasteiger partial charge in [-0.1, -0.05) is 17.7 Å². The lowest BCUT2D eigenvalue weighted by Crippen LogP contribution is -2.51. The van der Waals surface area contributed by atoms with Crippen LogP contribution in [0.4, 0.5) is 4.39 Å². The molecule has 21 heavy (non-hydrogen) atoms. The molecular formula is C14H18BrClFN3O. The van der Waals surface area contributed by atoms with Crippen LogP contribution < -0.4 is 11.3 Å². The molecular weight excluding hydrogens is 361 g/mol. The molecule has 2 fully saturated rings. The van der Waals surface area contributed by atoms with Gasteiger partial charge in [-0.05, 0) is 41.4 Å². The van der Waals surface area contributed by atoms with Gasteiger partial charge in [-0.2, -0.15) is 0 Å². The molecule has 0 spiro atoms. The van der Waals surface area contributed by atoms with Gasteiger partial charge in [-0.15, -0.1) is 0 Å². The second-order valence-electron chi connectivity index (χ2n) is 5.57. The van der Waals surface area contributed by atoms with Crippen LogP contribution in [0.1, 0.15) is 24.4 Å². The number of nitrogens with one attached hydrogen (secondary N) is 1. The fourth-order valence-corrected chi connectivity index (χ4v) is 3.70. The quantitative estimate of drug-likeness (QED) is 0.482. The number of hydrogen-bond acceptors (Lipinski definition) is 4. The lowest BCUT2D eigenvalue weighted by molar-refractivity contribution is -0.0657. The van der Waals surface area contributed by atoms with Crippen molar-refractivity contribution >= 4 is 27.5 Å². The van der Waals surface area contributed by atoms with Gasteiger partial charge in [0.25, 0.3) is 0 Å². The molecule has 0 saturated carbocycles. The smallest absolute Gasteiger partial charge is 0.147 e. The summed E-state index contributed by atoms with van der Waals surface area (Å²) in [7, 11) is 0. The van der Waals surface area contributed by atoms with Crippen LogP contribution in [-0.2, 0) is 4.74 Å². The van der Waals surface area contributed by atoms with E-state index in [0.29, 0.717) is 22.7 Å². The van der Waals surface area contributed by atoms with Crippen molar-refractivity contribution in [2.45, 2.75) is 31.0 Å². The van der Waals surface area contributed by atoms with Crippen LogP contribution in [0.25, 0.3) is 0 Å². The Kier molecular flexibility index (Phi) is 4.83. The summed E-state index contributed by atoms with van der Waals surface area (Å²) in [6.07, 6.45) is 2.18. The first-order valence-corrected chi connectivity index (χ1v) is 8.24. The molecule has 0 aliphatic carbocycles. The maximum Gasteiger partial charge on any atom is 0.147 e. The highest BCUT2D eigenvalue weighted by atomic mass is 79.9. The van der Waals surface area contributed by atoms with Crippen LogP contribution in [0.2, 0.25) is 5.02 Å². The fourth-order valence-electron chi connectivity index (χ4n) is 3.22. The second kappa shape index (κ2) is 6.48. The maximum atomic E-state index is 14.4. The number of ether oxygens (including phenoxy) is 1. The first-order chi connectivity index (χ1) is 10.1. The third-order valence-corrected chi connectivity index (χ3v) is 5.63. The number of fused-ring (bicyclic) bond motifs is 1. The Morgan fingerprint density at radius 2 is 2.33 bits per heavy atom. The van der Waals surface area contributed by atoms with Crippen LogP contribution >= 0.6 is 27.5 Å².